The fourth-order valence-corrected chi connectivity index (χ4v) is 6.60. The second-order valence-electron chi connectivity index (χ2n) is 11.7. The first-order valence-electron chi connectivity index (χ1n) is 15.4. The summed E-state index contributed by atoms with van der Waals surface area (Å²) in [4.78, 5) is 33.1. The van der Waals surface area contributed by atoms with Gasteiger partial charge in [-0.25, -0.2) is 9.78 Å². The number of rotatable bonds is 7. The first kappa shape index (κ1) is 30.6. The van der Waals surface area contributed by atoms with E-state index in [0.29, 0.717) is 28.6 Å². The smallest absolute Gasteiger partial charge is 0.408 e. The second-order valence-corrected chi connectivity index (χ2v) is 12.5. The quantitative estimate of drug-likeness (QED) is 0.327. The van der Waals surface area contributed by atoms with Gasteiger partial charge in [0.25, 0.3) is 0 Å². The van der Waals surface area contributed by atoms with Gasteiger partial charge >= 0.3 is 6.09 Å². The Morgan fingerprint density at radius 3 is 2.20 bits per heavy atom. The van der Waals surface area contributed by atoms with E-state index in [1.165, 1.54) is 44.9 Å². The summed E-state index contributed by atoms with van der Waals surface area (Å²) in [6.45, 7) is 0.470. The van der Waals surface area contributed by atoms with Gasteiger partial charge in [-0.05, 0) is 59.8 Å². The standard InChI is InChI=1S/C32H46BrN3O4/c1-36(31(38)24-13-9-6-4-2-3-5-7-10-14-24)22-21-28(40-32(39)34-25-15-11-8-12-16-25)26-19-17-23-18-20-27(37)29(33)30(23)35-26/h17-20,24-25,28,37H,2-16,21-22H2,1H3,(H,34,39). The number of ether oxygens (including phenoxy) is 1. The summed E-state index contributed by atoms with van der Waals surface area (Å²) in [6.07, 6.45) is 16.5. The molecule has 1 heterocycles. The third-order valence-corrected chi connectivity index (χ3v) is 9.40. The van der Waals surface area contributed by atoms with Crippen LogP contribution in [0.1, 0.15) is 115 Å². The number of hydrogen-bond acceptors (Lipinski definition) is 5. The van der Waals surface area contributed by atoms with Crippen LogP contribution in [0.25, 0.3) is 10.9 Å². The monoisotopic (exact) mass is 615 g/mol. The van der Waals surface area contributed by atoms with Crippen LogP contribution < -0.4 is 5.32 Å². The third-order valence-electron chi connectivity index (χ3n) is 8.62. The van der Waals surface area contributed by atoms with Gasteiger partial charge in [0.2, 0.25) is 5.91 Å². The van der Waals surface area contributed by atoms with Gasteiger partial charge in [-0.3, -0.25) is 4.79 Å². The van der Waals surface area contributed by atoms with Gasteiger partial charge in [0, 0.05) is 37.4 Å². The summed E-state index contributed by atoms with van der Waals surface area (Å²) in [6, 6.07) is 7.37. The van der Waals surface area contributed by atoms with Gasteiger partial charge in [0.15, 0.2) is 0 Å². The minimum atomic E-state index is -0.620. The molecule has 0 radical (unpaired) electrons. The largest absolute Gasteiger partial charge is 0.507 e. The lowest BCUT2D eigenvalue weighted by atomic mass is 9.94. The molecular formula is C32H46BrN3O4. The molecule has 1 aromatic heterocycles. The number of carbonyl (C=O) groups excluding carboxylic acids is 2. The Hall–Kier alpha value is -2.35. The Balaban J connectivity index is 1.46. The van der Waals surface area contributed by atoms with E-state index in [-0.39, 0.29) is 23.6 Å². The van der Waals surface area contributed by atoms with Gasteiger partial charge in [-0.1, -0.05) is 76.7 Å². The summed E-state index contributed by atoms with van der Waals surface area (Å²) < 4.78 is 6.50. The Morgan fingerprint density at radius 2 is 1.52 bits per heavy atom. The number of alkyl carbamates (subject to hydrolysis) is 1. The Morgan fingerprint density at radius 1 is 0.950 bits per heavy atom. The number of nitrogens with one attached hydrogen (secondary N) is 1. The van der Waals surface area contributed by atoms with E-state index in [1.807, 2.05) is 30.1 Å². The highest BCUT2D eigenvalue weighted by molar-refractivity contribution is 9.10. The molecule has 220 valence electrons. The third kappa shape index (κ3) is 8.82. The van der Waals surface area contributed by atoms with Crippen LogP contribution in [-0.4, -0.2) is 46.6 Å². The number of pyridine rings is 1. The summed E-state index contributed by atoms with van der Waals surface area (Å²) in [7, 11) is 1.87. The van der Waals surface area contributed by atoms with E-state index in [9.17, 15) is 14.7 Å². The van der Waals surface area contributed by atoms with Crippen molar-refractivity contribution in [3.63, 3.8) is 0 Å². The summed E-state index contributed by atoms with van der Waals surface area (Å²) >= 11 is 3.45. The van der Waals surface area contributed by atoms with Crippen LogP contribution in [-0.2, 0) is 9.53 Å². The van der Waals surface area contributed by atoms with E-state index in [4.69, 9.17) is 9.72 Å². The average molecular weight is 617 g/mol. The van der Waals surface area contributed by atoms with Crippen molar-refractivity contribution < 1.29 is 19.4 Å². The molecule has 2 N–H and O–H groups in total. The molecule has 1 aromatic carbocycles. The van der Waals surface area contributed by atoms with Crippen molar-refractivity contribution in [1.82, 2.24) is 15.2 Å². The summed E-state index contributed by atoms with van der Waals surface area (Å²) in [5, 5.41) is 14.1. The van der Waals surface area contributed by atoms with Crippen LogP contribution in [0.15, 0.2) is 28.7 Å². The lowest BCUT2D eigenvalue weighted by Gasteiger charge is -2.27. The first-order valence-corrected chi connectivity index (χ1v) is 16.2. The lowest BCUT2D eigenvalue weighted by molar-refractivity contribution is -0.135. The van der Waals surface area contributed by atoms with Gasteiger partial charge < -0.3 is 20.1 Å². The maximum Gasteiger partial charge on any atom is 0.408 e. The highest BCUT2D eigenvalue weighted by atomic mass is 79.9. The molecule has 2 aliphatic carbocycles. The number of aromatic hydroxyl groups is 1. The second kappa shape index (κ2) is 15.6. The molecule has 0 bridgehead atoms. The van der Waals surface area contributed by atoms with Gasteiger partial charge in [-0.15, -0.1) is 0 Å². The molecule has 2 saturated carbocycles. The molecule has 8 heteroatoms. The summed E-state index contributed by atoms with van der Waals surface area (Å²) in [5.74, 6) is 0.370. The molecule has 2 amide bonds. The fourth-order valence-electron chi connectivity index (χ4n) is 6.15. The molecule has 4 rings (SSSR count). The fraction of sp³-hybridized carbons (Fsp3) is 0.656. The van der Waals surface area contributed by atoms with Crippen molar-refractivity contribution in [1.29, 1.82) is 0 Å². The van der Waals surface area contributed by atoms with Crippen molar-refractivity contribution >= 4 is 38.8 Å². The average Bonchev–Trinajstić information content (AvgIpc) is 3.03. The Labute approximate surface area is 247 Å². The van der Waals surface area contributed by atoms with Crippen LogP contribution in [0, 0.1) is 5.92 Å². The van der Waals surface area contributed by atoms with E-state index < -0.39 is 12.2 Å². The molecular weight excluding hydrogens is 570 g/mol. The normalized spacial score (nSPS) is 18.9. The number of aromatic nitrogens is 1. The highest BCUT2D eigenvalue weighted by Gasteiger charge is 2.26. The topological polar surface area (TPSA) is 91.8 Å². The van der Waals surface area contributed by atoms with Gasteiger partial charge in [-0.2, -0.15) is 0 Å². The number of phenols is 1. The summed E-state index contributed by atoms with van der Waals surface area (Å²) in [5.41, 5.74) is 1.22. The molecule has 1 atom stereocenters. The minimum Gasteiger partial charge on any atom is -0.507 e. The van der Waals surface area contributed by atoms with E-state index in [2.05, 4.69) is 21.2 Å². The van der Waals surface area contributed by atoms with Crippen molar-refractivity contribution in [2.24, 2.45) is 5.92 Å². The van der Waals surface area contributed by atoms with E-state index in [0.717, 1.165) is 56.8 Å². The number of halogens is 1. The number of fused-ring (bicyclic) bond motifs is 1. The highest BCUT2D eigenvalue weighted by Crippen LogP contribution is 2.33. The number of hydrogen-bond donors (Lipinski definition) is 2. The zero-order chi connectivity index (χ0) is 28.3. The zero-order valence-corrected chi connectivity index (χ0v) is 25.6. The molecule has 2 aliphatic rings. The Bertz CT molecular complexity index is 1110. The van der Waals surface area contributed by atoms with Crippen molar-refractivity contribution in [3.8, 4) is 5.75 Å². The number of nitrogens with zero attached hydrogens (tertiary/aromatic N) is 2. The van der Waals surface area contributed by atoms with E-state index in [1.54, 1.807) is 6.07 Å². The molecule has 0 saturated heterocycles. The molecule has 0 spiro atoms. The Kier molecular flexibility index (Phi) is 11.9. The number of amides is 2. The first-order chi connectivity index (χ1) is 19.4. The van der Waals surface area contributed by atoms with Crippen molar-refractivity contribution in [2.45, 2.75) is 115 Å². The van der Waals surface area contributed by atoms with Crippen LogP contribution >= 0.6 is 15.9 Å². The number of phenolic OH excluding ortho intramolecular Hbond substituents is 1. The predicted molar refractivity (Wildman–Crippen MR) is 162 cm³/mol. The van der Waals surface area contributed by atoms with Crippen molar-refractivity contribution in [3.05, 3.63) is 34.4 Å². The molecule has 40 heavy (non-hydrogen) atoms. The molecule has 0 aliphatic heterocycles. The van der Waals surface area contributed by atoms with Crippen LogP contribution in [0.3, 0.4) is 0 Å². The van der Waals surface area contributed by atoms with Crippen LogP contribution in [0.5, 0.6) is 5.75 Å². The van der Waals surface area contributed by atoms with Crippen LogP contribution in [0.2, 0.25) is 0 Å². The molecule has 1 unspecified atom stereocenters. The van der Waals surface area contributed by atoms with Crippen LogP contribution in [0.4, 0.5) is 4.79 Å². The van der Waals surface area contributed by atoms with Crippen molar-refractivity contribution in [2.75, 3.05) is 13.6 Å². The zero-order valence-electron chi connectivity index (χ0n) is 24.0. The lowest BCUT2D eigenvalue weighted by Crippen LogP contribution is -2.38. The minimum absolute atomic E-state index is 0.0646. The molecule has 2 fully saturated rings. The molecule has 7 nitrogen and oxygen atoms in total. The number of benzene rings is 1. The number of carbonyl (C=O) groups is 2. The predicted octanol–water partition coefficient (Wildman–Crippen LogP) is 8.18. The SMILES string of the molecule is CN(CCC(OC(=O)NC1CCCCC1)c1ccc2ccc(O)c(Br)c2n1)C(=O)C1CCCCCCCCCC1. The maximum atomic E-state index is 13.5. The molecule has 2 aromatic rings. The van der Waals surface area contributed by atoms with E-state index >= 15 is 0 Å². The van der Waals surface area contributed by atoms with Gasteiger partial charge in [0.05, 0.1) is 15.7 Å². The van der Waals surface area contributed by atoms with Gasteiger partial charge in [0.1, 0.15) is 11.9 Å². The maximum absolute atomic E-state index is 13.5.